The first kappa shape index (κ1) is 27.5. The Hall–Kier alpha value is -4.28. The third-order valence-corrected chi connectivity index (χ3v) is 8.57. The number of alkyl carbamates (subject to hydrolysis) is 1. The number of likely N-dealkylation sites (tertiary alicyclic amines) is 1. The summed E-state index contributed by atoms with van der Waals surface area (Å²) in [5.41, 5.74) is 3.86. The summed E-state index contributed by atoms with van der Waals surface area (Å²) in [5.74, 6) is -0.756. The van der Waals surface area contributed by atoms with Crippen molar-refractivity contribution in [3.8, 4) is 11.4 Å². The van der Waals surface area contributed by atoms with Gasteiger partial charge in [0.05, 0.1) is 29.0 Å². The highest BCUT2D eigenvalue weighted by Crippen LogP contribution is 2.40. The third kappa shape index (κ3) is 4.84. The largest absolute Gasteiger partial charge is 0.458 e. The lowest BCUT2D eigenvalue weighted by molar-refractivity contribution is -0.157. The average Bonchev–Trinajstić information content (AvgIpc) is 3.33. The van der Waals surface area contributed by atoms with Gasteiger partial charge in [-0.15, -0.1) is 0 Å². The number of fused-ring (bicyclic) bond motifs is 7. The number of esters is 1. The summed E-state index contributed by atoms with van der Waals surface area (Å²) in [6.45, 7) is 7.86. The number of amides is 1. The van der Waals surface area contributed by atoms with Crippen molar-refractivity contribution < 1.29 is 24.2 Å². The van der Waals surface area contributed by atoms with Gasteiger partial charge in [0.25, 0.3) is 5.56 Å². The molecule has 10 nitrogen and oxygen atoms in total. The summed E-state index contributed by atoms with van der Waals surface area (Å²) in [7, 11) is 0. The molecule has 3 aliphatic rings. The fourth-order valence-electron chi connectivity index (χ4n) is 6.68. The zero-order valence-electron chi connectivity index (χ0n) is 24.5. The van der Waals surface area contributed by atoms with E-state index in [1.807, 2.05) is 39.0 Å². The molecule has 0 bridgehead atoms. The van der Waals surface area contributed by atoms with Gasteiger partial charge in [-0.05, 0) is 68.6 Å². The summed E-state index contributed by atoms with van der Waals surface area (Å²) in [6.07, 6.45) is -0.129. The van der Waals surface area contributed by atoms with Gasteiger partial charge in [0, 0.05) is 35.6 Å². The molecule has 1 saturated heterocycles. The molecule has 7 rings (SSSR count). The molecule has 2 aromatic heterocycles. The number of aliphatic hydroxyl groups excluding tert-OH is 1. The van der Waals surface area contributed by atoms with Crippen molar-refractivity contribution in [3.63, 3.8) is 0 Å². The Bertz CT molecular complexity index is 1870. The first-order chi connectivity index (χ1) is 20.6. The van der Waals surface area contributed by atoms with E-state index in [-0.39, 0.29) is 23.8 Å². The predicted molar refractivity (Wildman–Crippen MR) is 160 cm³/mol. The van der Waals surface area contributed by atoms with Crippen molar-refractivity contribution >= 4 is 33.7 Å². The minimum atomic E-state index is -1.50. The van der Waals surface area contributed by atoms with Gasteiger partial charge in [0.2, 0.25) is 0 Å². The summed E-state index contributed by atoms with van der Waals surface area (Å²) < 4.78 is 12.3. The fraction of sp³-hybridized carbons (Fsp3) is 0.394. The number of hydrogen-bond donors (Lipinski definition) is 2. The fourth-order valence-corrected chi connectivity index (χ4v) is 6.68. The molecule has 1 fully saturated rings. The second-order valence-corrected chi connectivity index (χ2v) is 12.7. The Morgan fingerprint density at radius 1 is 1.16 bits per heavy atom. The number of cyclic esters (lactones) is 1. The molecule has 222 valence electrons. The van der Waals surface area contributed by atoms with Crippen LogP contribution in [0, 0.1) is 0 Å². The van der Waals surface area contributed by atoms with Crippen LogP contribution in [0.1, 0.15) is 62.0 Å². The van der Waals surface area contributed by atoms with Crippen LogP contribution in [0.4, 0.5) is 4.79 Å². The predicted octanol–water partition coefficient (Wildman–Crippen LogP) is 4.16. The molecule has 0 radical (unpaired) electrons. The van der Waals surface area contributed by atoms with E-state index in [0.29, 0.717) is 36.6 Å². The monoisotopic (exact) mass is 582 g/mol. The molecular formula is C33H34N4O6. The van der Waals surface area contributed by atoms with Crippen LogP contribution in [0.15, 0.2) is 47.3 Å². The summed E-state index contributed by atoms with van der Waals surface area (Å²) in [6, 6.07) is 14.0. The lowest BCUT2D eigenvalue weighted by Gasteiger charge is -2.34. The highest BCUT2D eigenvalue weighted by atomic mass is 16.6. The lowest BCUT2D eigenvalue weighted by atomic mass is 9.94. The van der Waals surface area contributed by atoms with Gasteiger partial charge in [0.1, 0.15) is 12.2 Å². The van der Waals surface area contributed by atoms with E-state index in [4.69, 9.17) is 14.5 Å². The number of aliphatic hydroxyl groups is 1. The molecule has 0 saturated carbocycles. The van der Waals surface area contributed by atoms with E-state index < -0.39 is 23.8 Å². The Labute approximate surface area is 248 Å². The smallest absolute Gasteiger partial charge is 0.407 e. The van der Waals surface area contributed by atoms with Gasteiger partial charge in [-0.25, -0.2) is 14.6 Å². The maximum Gasteiger partial charge on any atom is 0.407 e. The number of benzene rings is 2. The van der Waals surface area contributed by atoms with E-state index in [9.17, 15) is 19.5 Å². The third-order valence-electron chi connectivity index (χ3n) is 8.57. The van der Waals surface area contributed by atoms with Crippen LogP contribution < -0.4 is 10.9 Å². The van der Waals surface area contributed by atoms with E-state index >= 15 is 0 Å². The van der Waals surface area contributed by atoms with Gasteiger partial charge in [-0.1, -0.05) is 30.3 Å². The number of ether oxygens (including phenoxy) is 2. The maximum atomic E-state index is 13.6. The Morgan fingerprint density at radius 2 is 1.98 bits per heavy atom. The lowest BCUT2D eigenvalue weighted by Crippen LogP contribution is -2.48. The average molecular weight is 583 g/mol. The van der Waals surface area contributed by atoms with Crippen molar-refractivity contribution in [1.29, 1.82) is 0 Å². The van der Waals surface area contributed by atoms with Crippen LogP contribution in [0.5, 0.6) is 0 Å². The van der Waals surface area contributed by atoms with Crippen LogP contribution in [0.3, 0.4) is 0 Å². The summed E-state index contributed by atoms with van der Waals surface area (Å²) in [4.78, 5) is 45.7. The molecule has 3 aliphatic heterocycles. The number of hydrogen-bond acceptors (Lipinski definition) is 8. The van der Waals surface area contributed by atoms with Crippen molar-refractivity contribution in [3.05, 3.63) is 75.1 Å². The number of piperidine rings is 1. The van der Waals surface area contributed by atoms with E-state index in [0.717, 1.165) is 52.2 Å². The van der Waals surface area contributed by atoms with Gasteiger partial charge in [-0.2, -0.15) is 0 Å². The van der Waals surface area contributed by atoms with Gasteiger partial charge < -0.3 is 24.5 Å². The van der Waals surface area contributed by atoms with Gasteiger partial charge in [-0.3, -0.25) is 9.69 Å². The number of carbonyl (C=O) groups excluding carboxylic acids is 2. The molecule has 2 unspecified atom stereocenters. The number of nitrogens with zero attached hydrogens (tertiary/aromatic N) is 3. The van der Waals surface area contributed by atoms with Crippen LogP contribution in [0.2, 0.25) is 0 Å². The first-order valence-corrected chi connectivity index (χ1v) is 14.7. The normalized spacial score (nSPS) is 20.0. The van der Waals surface area contributed by atoms with E-state index in [1.165, 1.54) is 0 Å². The molecule has 2 atom stereocenters. The minimum absolute atomic E-state index is 0.0490. The molecule has 0 aliphatic carbocycles. The van der Waals surface area contributed by atoms with Crippen LogP contribution in [-0.4, -0.2) is 56.4 Å². The standard InChI is InChI=1S/C33H34N4O6/c1-33(2,3)43-32(41)34-19-8-6-12-36(14-19)15-22-23-16-37-26(13-21-24(30(37)39)17-42-31(40)29(21)38)28(23)35-25-11-10-18-7-4-5-9-20(18)27(22)25/h4-5,7,9-11,13,19,29,38H,6,8,12,14-17H2,1-3H3,(H,34,41). The number of nitrogens with one attached hydrogen (secondary N) is 1. The molecule has 2 aromatic carbocycles. The quantitative estimate of drug-likeness (QED) is 0.240. The Balaban J connectivity index is 1.32. The second-order valence-electron chi connectivity index (χ2n) is 12.7. The van der Waals surface area contributed by atoms with Crippen LogP contribution in [0.25, 0.3) is 33.1 Å². The van der Waals surface area contributed by atoms with E-state index in [2.05, 4.69) is 28.4 Å². The highest BCUT2D eigenvalue weighted by molar-refractivity contribution is 6.09. The summed E-state index contributed by atoms with van der Waals surface area (Å²) in [5, 5.41) is 16.8. The summed E-state index contributed by atoms with van der Waals surface area (Å²) >= 11 is 0. The van der Waals surface area contributed by atoms with Crippen molar-refractivity contribution in [2.75, 3.05) is 13.1 Å². The van der Waals surface area contributed by atoms with Crippen molar-refractivity contribution in [2.45, 2.75) is 71.1 Å². The molecule has 0 spiro atoms. The Kier molecular flexibility index (Phi) is 6.51. The minimum Gasteiger partial charge on any atom is -0.458 e. The zero-order chi connectivity index (χ0) is 30.0. The highest BCUT2D eigenvalue weighted by Gasteiger charge is 2.35. The van der Waals surface area contributed by atoms with Gasteiger partial charge >= 0.3 is 12.1 Å². The van der Waals surface area contributed by atoms with Crippen LogP contribution in [-0.2, 0) is 34.0 Å². The maximum absolute atomic E-state index is 13.6. The second kappa shape index (κ2) is 10.2. The number of rotatable bonds is 3. The molecule has 10 heteroatoms. The molecule has 43 heavy (non-hydrogen) atoms. The van der Waals surface area contributed by atoms with E-state index in [1.54, 1.807) is 10.6 Å². The number of carbonyl (C=O) groups is 2. The number of pyridine rings is 2. The Morgan fingerprint density at radius 3 is 2.79 bits per heavy atom. The molecule has 1 amide bonds. The molecular weight excluding hydrogens is 548 g/mol. The molecule has 4 aromatic rings. The SMILES string of the molecule is CC(C)(C)OC(=O)NC1CCCN(Cc2c3c(nc4ccc5ccccc5c24)-c2cc4c(c(=O)n2C3)COC(=O)C4O)C1. The van der Waals surface area contributed by atoms with Gasteiger partial charge in [0.15, 0.2) is 6.10 Å². The van der Waals surface area contributed by atoms with Crippen LogP contribution >= 0.6 is 0 Å². The van der Waals surface area contributed by atoms with Crippen molar-refractivity contribution in [2.24, 2.45) is 0 Å². The zero-order valence-corrected chi connectivity index (χ0v) is 24.5. The number of aromatic nitrogens is 2. The topological polar surface area (TPSA) is 123 Å². The molecule has 5 heterocycles. The van der Waals surface area contributed by atoms with Crippen molar-refractivity contribution in [1.82, 2.24) is 19.8 Å². The first-order valence-electron chi connectivity index (χ1n) is 14.7. The molecule has 2 N–H and O–H groups in total.